The third-order valence-electron chi connectivity index (χ3n) is 4.37. The van der Waals surface area contributed by atoms with Gasteiger partial charge in [0.25, 0.3) is 0 Å². The maximum Gasteiger partial charge on any atom is 0.335 e. The molecule has 1 unspecified atom stereocenters. The maximum absolute atomic E-state index is 12.5. The van der Waals surface area contributed by atoms with Crippen molar-refractivity contribution < 1.29 is 34.8 Å². The first-order valence-electron chi connectivity index (χ1n) is 9.05. The summed E-state index contributed by atoms with van der Waals surface area (Å²) in [7, 11) is -11.6. The Morgan fingerprint density at radius 2 is 1.68 bits per heavy atom. The quantitative estimate of drug-likeness (QED) is 0.414. The molecule has 0 saturated carbocycles. The number of sulfonamides is 2. The second-order valence-corrected chi connectivity index (χ2v) is 13.5. The number of carbonyl (C=O) groups excluding carboxylic acids is 1. The summed E-state index contributed by atoms with van der Waals surface area (Å²) in [5, 5.41) is 2.07. The van der Waals surface area contributed by atoms with Gasteiger partial charge in [0.1, 0.15) is 5.82 Å². The molecular weight excluding hydrogens is 476 g/mol. The number of anilines is 1. The second-order valence-electron chi connectivity index (χ2n) is 6.65. The summed E-state index contributed by atoms with van der Waals surface area (Å²) in [6, 6.07) is -1.34. The average molecular weight is 501 g/mol. The molecule has 2 amide bonds. The summed E-state index contributed by atoms with van der Waals surface area (Å²) in [6.45, 7) is 2.95. The number of hydrogen-bond acceptors (Lipinski definition) is 11. The summed E-state index contributed by atoms with van der Waals surface area (Å²) in [6.07, 6.45) is 1.26. The standard InChI is InChI=1S/C14H24N6O8S3/c1-10-15-12(18-14(16-10)28-3)17-13(21)19-30(24,25)9-8-29(22,23)11(2)31(26,27)20-6-4-5-7-20/h11H,4-9H2,1-3H3,(H2,15,16,17,18,19,21). The summed E-state index contributed by atoms with van der Waals surface area (Å²) >= 11 is 0. The van der Waals surface area contributed by atoms with E-state index in [1.807, 2.05) is 0 Å². The molecule has 1 aliphatic heterocycles. The predicted octanol–water partition coefficient (Wildman–Crippen LogP) is -1.17. The van der Waals surface area contributed by atoms with E-state index in [-0.39, 0.29) is 30.9 Å². The van der Waals surface area contributed by atoms with Crippen molar-refractivity contribution in [1.82, 2.24) is 24.0 Å². The Hall–Kier alpha value is -2.11. The van der Waals surface area contributed by atoms with Gasteiger partial charge in [0.2, 0.25) is 26.0 Å². The van der Waals surface area contributed by atoms with E-state index >= 15 is 0 Å². The highest BCUT2D eigenvalue weighted by atomic mass is 32.3. The molecule has 1 saturated heterocycles. The van der Waals surface area contributed by atoms with Crippen LogP contribution in [0.4, 0.5) is 10.7 Å². The van der Waals surface area contributed by atoms with E-state index in [4.69, 9.17) is 4.74 Å². The fraction of sp³-hybridized carbons (Fsp3) is 0.714. The van der Waals surface area contributed by atoms with Crippen LogP contribution in [0.25, 0.3) is 0 Å². The lowest BCUT2D eigenvalue weighted by Crippen LogP contribution is -2.43. The number of urea groups is 1. The van der Waals surface area contributed by atoms with Gasteiger partial charge in [-0.25, -0.2) is 39.1 Å². The molecule has 1 aliphatic rings. The van der Waals surface area contributed by atoms with E-state index < -0.39 is 52.0 Å². The van der Waals surface area contributed by atoms with Crippen molar-refractivity contribution in [3.63, 3.8) is 0 Å². The molecule has 1 fully saturated rings. The molecule has 0 radical (unpaired) electrons. The van der Waals surface area contributed by atoms with E-state index in [1.165, 1.54) is 14.0 Å². The lowest BCUT2D eigenvalue weighted by Gasteiger charge is -2.21. The van der Waals surface area contributed by atoms with E-state index in [2.05, 4.69) is 20.3 Å². The molecule has 1 aromatic heterocycles. The van der Waals surface area contributed by atoms with Gasteiger partial charge >= 0.3 is 12.0 Å². The van der Waals surface area contributed by atoms with Gasteiger partial charge in [0.15, 0.2) is 14.4 Å². The van der Waals surface area contributed by atoms with E-state index in [1.54, 1.807) is 4.72 Å². The minimum absolute atomic E-state index is 0.107. The van der Waals surface area contributed by atoms with Crippen molar-refractivity contribution in [2.45, 2.75) is 31.3 Å². The van der Waals surface area contributed by atoms with E-state index in [0.29, 0.717) is 12.8 Å². The fourth-order valence-electron chi connectivity index (χ4n) is 2.65. The third-order valence-corrected chi connectivity index (χ3v) is 11.2. The van der Waals surface area contributed by atoms with Gasteiger partial charge < -0.3 is 4.74 Å². The highest BCUT2D eigenvalue weighted by molar-refractivity contribution is 8.08. The molecule has 2 heterocycles. The molecule has 31 heavy (non-hydrogen) atoms. The molecule has 0 aliphatic carbocycles. The van der Waals surface area contributed by atoms with Crippen LogP contribution in [0.15, 0.2) is 0 Å². The highest BCUT2D eigenvalue weighted by Gasteiger charge is 2.39. The van der Waals surface area contributed by atoms with Crippen molar-refractivity contribution in [2.24, 2.45) is 0 Å². The molecule has 1 aromatic rings. The van der Waals surface area contributed by atoms with Crippen LogP contribution in [-0.4, -0.2) is 86.8 Å². The number of sulfone groups is 1. The zero-order chi connectivity index (χ0) is 23.4. The Labute approximate surface area is 180 Å². The van der Waals surface area contributed by atoms with Crippen molar-refractivity contribution >= 4 is 41.9 Å². The van der Waals surface area contributed by atoms with Gasteiger partial charge in [-0.2, -0.15) is 15.0 Å². The molecule has 2 N–H and O–H groups in total. The zero-order valence-electron chi connectivity index (χ0n) is 17.1. The normalized spacial score (nSPS) is 16.6. The Morgan fingerprint density at radius 3 is 2.26 bits per heavy atom. The third kappa shape index (κ3) is 6.68. The molecule has 176 valence electrons. The van der Waals surface area contributed by atoms with Crippen molar-refractivity contribution in [3.8, 4) is 6.01 Å². The molecule has 14 nitrogen and oxygen atoms in total. The maximum atomic E-state index is 12.5. The smallest absolute Gasteiger partial charge is 0.335 e. The van der Waals surface area contributed by atoms with Gasteiger partial charge in [-0.1, -0.05) is 0 Å². The number of aromatic nitrogens is 3. The van der Waals surface area contributed by atoms with Crippen LogP contribution < -0.4 is 14.8 Å². The number of amides is 2. The summed E-state index contributed by atoms with van der Waals surface area (Å²) in [5.41, 5.74) is 0. The minimum atomic E-state index is -4.41. The summed E-state index contributed by atoms with van der Waals surface area (Å²) in [4.78, 5) is 23.2. The van der Waals surface area contributed by atoms with E-state index in [9.17, 15) is 30.0 Å². The van der Waals surface area contributed by atoms with Crippen LogP contribution in [0.3, 0.4) is 0 Å². The Morgan fingerprint density at radius 1 is 1.06 bits per heavy atom. The van der Waals surface area contributed by atoms with Gasteiger partial charge in [-0.3, -0.25) is 5.32 Å². The average Bonchev–Trinajstić information content (AvgIpc) is 3.20. The SMILES string of the molecule is COc1nc(C)nc(NC(=O)NS(=O)(=O)CCS(=O)(=O)C(C)S(=O)(=O)N2CCCC2)n1. The number of aryl methyl sites for hydroxylation is 1. The molecule has 2 rings (SSSR count). The first-order chi connectivity index (χ1) is 14.3. The van der Waals surface area contributed by atoms with Gasteiger partial charge in [-0.15, -0.1) is 0 Å². The number of ether oxygens (including phenoxy) is 1. The van der Waals surface area contributed by atoms with Gasteiger partial charge in [0.05, 0.1) is 18.6 Å². The lowest BCUT2D eigenvalue weighted by atomic mass is 10.4. The van der Waals surface area contributed by atoms with Crippen LogP contribution >= 0.6 is 0 Å². The second kappa shape index (κ2) is 9.58. The van der Waals surface area contributed by atoms with Crippen LogP contribution in [0.1, 0.15) is 25.6 Å². The minimum Gasteiger partial charge on any atom is -0.467 e. The monoisotopic (exact) mass is 500 g/mol. The molecule has 0 aromatic carbocycles. The van der Waals surface area contributed by atoms with Crippen LogP contribution in [-0.2, 0) is 29.9 Å². The molecule has 0 bridgehead atoms. The lowest BCUT2D eigenvalue weighted by molar-refractivity contribution is 0.256. The van der Waals surface area contributed by atoms with Crippen molar-refractivity contribution in [1.29, 1.82) is 0 Å². The number of hydrogen-bond donors (Lipinski definition) is 2. The summed E-state index contributed by atoms with van der Waals surface area (Å²) in [5.74, 6) is -2.08. The zero-order valence-corrected chi connectivity index (χ0v) is 19.5. The first kappa shape index (κ1) is 25.2. The van der Waals surface area contributed by atoms with Crippen LogP contribution in [0, 0.1) is 6.92 Å². The summed E-state index contributed by atoms with van der Waals surface area (Å²) < 4.78 is 79.7. The fourth-order valence-corrected chi connectivity index (χ4v) is 8.55. The van der Waals surface area contributed by atoms with Crippen LogP contribution in [0.5, 0.6) is 6.01 Å². The van der Waals surface area contributed by atoms with E-state index in [0.717, 1.165) is 11.2 Å². The molecule has 0 spiro atoms. The molecule has 17 heteroatoms. The Kier molecular flexibility index (Phi) is 7.77. The largest absolute Gasteiger partial charge is 0.467 e. The number of carbonyl (C=O) groups is 1. The Balaban J connectivity index is 2.00. The number of nitrogens with one attached hydrogen (secondary N) is 2. The number of rotatable bonds is 9. The van der Waals surface area contributed by atoms with Gasteiger partial charge in [-0.05, 0) is 26.7 Å². The van der Waals surface area contributed by atoms with Crippen LogP contribution in [0.2, 0.25) is 0 Å². The highest BCUT2D eigenvalue weighted by Crippen LogP contribution is 2.20. The number of methoxy groups -OCH3 is 1. The Bertz CT molecular complexity index is 1130. The topological polar surface area (TPSA) is 195 Å². The molecule has 1 atom stereocenters. The predicted molar refractivity (Wildman–Crippen MR) is 110 cm³/mol. The number of nitrogens with zero attached hydrogens (tertiary/aromatic N) is 4. The first-order valence-corrected chi connectivity index (χ1v) is 13.9. The van der Waals surface area contributed by atoms with Gasteiger partial charge in [0, 0.05) is 13.1 Å². The van der Waals surface area contributed by atoms with Crippen molar-refractivity contribution in [3.05, 3.63) is 5.82 Å². The van der Waals surface area contributed by atoms with Crippen molar-refractivity contribution in [2.75, 3.05) is 37.0 Å². The molecular formula is C14H24N6O8S3.